The number of aliphatic carboxylic acids is 1. The first-order valence-electron chi connectivity index (χ1n) is 7.81. The van der Waals surface area contributed by atoms with Crippen LogP contribution in [0.3, 0.4) is 0 Å². The van der Waals surface area contributed by atoms with E-state index >= 15 is 0 Å². The molecule has 25 heavy (non-hydrogen) atoms. The van der Waals surface area contributed by atoms with E-state index in [-0.39, 0.29) is 35.8 Å². The molecule has 0 bridgehead atoms. The first-order valence-corrected chi connectivity index (χ1v) is 7.81. The Balaban J connectivity index is 2.06. The molecule has 1 saturated carbocycles. The fourth-order valence-electron chi connectivity index (χ4n) is 2.79. The molecule has 0 amide bonds. The lowest BCUT2D eigenvalue weighted by atomic mass is 9.85. The Labute approximate surface area is 143 Å². The molecule has 136 valence electrons. The second-order valence-electron chi connectivity index (χ2n) is 5.74. The van der Waals surface area contributed by atoms with Crippen LogP contribution in [0, 0.1) is 10.1 Å². The van der Waals surface area contributed by atoms with Crippen molar-refractivity contribution in [1.29, 1.82) is 0 Å². The number of hydrogen-bond acceptors (Lipinski definition) is 8. The Morgan fingerprint density at radius 3 is 2.68 bits per heavy atom. The number of aromatic nitrogens is 1. The van der Waals surface area contributed by atoms with Gasteiger partial charge in [-0.15, -0.1) is 0 Å². The predicted molar refractivity (Wildman–Crippen MR) is 87.5 cm³/mol. The van der Waals surface area contributed by atoms with Crippen LogP contribution in [0.1, 0.15) is 30.3 Å². The van der Waals surface area contributed by atoms with Crippen molar-refractivity contribution in [3.63, 3.8) is 0 Å². The lowest BCUT2D eigenvalue weighted by Crippen LogP contribution is -2.51. The van der Waals surface area contributed by atoms with Crippen LogP contribution >= 0.6 is 0 Å². The first kappa shape index (κ1) is 18.6. The van der Waals surface area contributed by atoms with E-state index in [0.29, 0.717) is 19.4 Å². The Bertz CT molecular complexity index is 674. The molecule has 1 aliphatic rings. The van der Waals surface area contributed by atoms with E-state index in [0.717, 1.165) is 0 Å². The van der Waals surface area contributed by atoms with Crippen molar-refractivity contribution in [3.05, 3.63) is 27.9 Å². The molecule has 0 aromatic carbocycles. The zero-order chi connectivity index (χ0) is 18.6. The Hall–Kier alpha value is -2.75. The zero-order valence-electron chi connectivity index (χ0n) is 14.0. The number of carbonyl (C=O) groups is 2. The van der Waals surface area contributed by atoms with Crippen molar-refractivity contribution in [3.8, 4) is 0 Å². The second kappa shape index (κ2) is 7.88. The number of ether oxygens (including phenoxy) is 1. The van der Waals surface area contributed by atoms with Gasteiger partial charge in [-0.25, -0.2) is 9.78 Å². The molecule has 1 aliphatic carbocycles. The largest absolute Gasteiger partial charge is 0.480 e. The van der Waals surface area contributed by atoms with Gasteiger partial charge < -0.3 is 15.2 Å². The molecule has 1 aromatic rings. The zero-order valence-corrected chi connectivity index (χ0v) is 14.0. The van der Waals surface area contributed by atoms with Gasteiger partial charge >= 0.3 is 17.6 Å². The maximum Gasteiger partial charge on any atom is 0.356 e. The van der Waals surface area contributed by atoms with Gasteiger partial charge in [0.05, 0.1) is 18.6 Å². The standard InChI is InChI=1S/C15H20N4O6/c1-3-18(8-13(20)21)10-6-9(7-10)16-14-12(19(23)24)5-4-11(17-14)15(22)25-2/h4-5,9-10H,3,6-8H2,1-2H3,(H,16,17)(H,20,21). The lowest BCUT2D eigenvalue weighted by Gasteiger charge is -2.42. The van der Waals surface area contributed by atoms with Gasteiger partial charge in [0, 0.05) is 18.2 Å². The number of esters is 1. The average Bonchev–Trinajstić information content (AvgIpc) is 2.54. The monoisotopic (exact) mass is 352 g/mol. The fourth-order valence-corrected chi connectivity index (χ4v) is 2.79. The number of rotatable bonds is 8. The Kier molecular flexibility index (Phi) is 5.86. The number of anilines is 1. The van der Waals surface area contributed by atoms with Crippen molar-refractivity contribution in [2.75, 3.05) is 25.5 Å². The molecular weight excluding hydrogens is 332 g/mol. The molecule has 10 nitrogen and oxygen atoms in total. The minimum Gasteiger partial charge on any atom is -0.480 e. The number of nitrogens with one attached hydrogen (secondary N) is 1. The molecule has 2 rings (SSSR count). The van der Waals surface area contributed by atoms with E-state index < -0.39 is 16.9 Å². The summed E-state index contributed by atoms with van der Waals surface area (Å²) in [5.74, 6) is -1.55. The lowest BCUT2D eigenvalue weighted by molar-refractivity contribution is -0.384. The summed E-state index contributed by atoms with van der Waals surface area (Å²) in [4.78, 5) is 38.8. The highest BCUT2D eigenvalue weighted by atomic mass is 16.6. The van der Waals surface area contributed by atoms with E-state index in [9.17, 15) is 19.7 Å². The van der Waals surface area contributed by atoms with Crippen molar-refractivity contribution in [1.82, 2.24) is 9.88 Å². The Morgan fingerprint density at radius 2 is 2.16 bits per heavy atom. The molecule has 1 aromatic heterocycles. The average molecular weight is 352 g/mol. The smallest absolute Gasteiger partial charge is 0.356 e. The van der Waals surface area contributed by atoms with Gasteiger partial charge in [-0.2, -0.15) is 0 Å². The summed E-state index contributed by atoms with van der Waals surface area (Å²) in [6, 6.07) is 2.47. The topological polar surface area (TPSA) is 135 Å². The minimum absolute atomic E-state index is 0.0117. The third kappa shape index (κ3) is 4.41. The summed E-state index contributed by atoms with van der Waals surface area (Å²) in [6.07, 6.45) is 1.28. The summed E-state index contributed by atoms with van der Waals surface area (Å²) in [5.41, 5.74) is -0.249. The molecule has 0 saturated heterocycles. The van der Waals surface area contributed by atoms with Gasteiger partial charge in [-0.1, -0.05) is 6.92 Å². The molecule has 10 heteroatoms. The van der Waals surface area contributed by atoms with E-state index in [1.807, 2.05) is 11.8 Å². The van der Waals surface area contributed by atoms with Crippen LogP contribution in [0.2, 0.25) is 0 Å². The third-order valence-corrected chi connectivity index (χ3v) is 4.18. The van der Waals surface area contributed by atoms with E-state index in [4.69, 9.17) is 5.11 Å². The van der Waals surface area contributed by atoms with Crippen LogP contribution in [0.25, 0.3) is 0 Å². The molecule has 0 atom stereocenters. The van der Waals surface area contributed by atoms with Gasteiger partial charge in [-0.05, 0) is 25.5 Å². The van der Waals surface area contributed by atoms with Crippen LogP contribution in [-0.2, 0) is 9.53 Å². The maximum atomic E-state index is 11.6. The molecule has 0 unspecified atom stereocenters. The highest BCUT2D eigenvalue weighted by Crippen LogP contribution is 2.31. The van der Waals surface area contributed by atoms with Gasteiger partial charge in [0.25, 0.3) is 0 Å². The summed E-state index contributed by atoms with van der Waals surface area (Å²) >= 11 is 0. The molecular formula is C15H20N4O6. The molecule has 1 heterocycles. The number of carboxylic acids is 1. The van der Waals surface area contributed by atoms with Crippen LogP contribution in [0.5, 0.6) is 0 Å². The van der Waals surface area contributed by atoms with Gasteiger partial charge in [0.2, 0.25) is 5.82 Å². The summed E-state index contributed by atoms with van der Waals surface area (Å²) in [6.45, 7) is 2.46. The molecule has 0 radical (unpaired) electrons. The van der Waals surface area contributed by atoms with Gasteiger partial charge in [-0.3, -0.25) is 19.8 Å². The predicted octanol–water partition coefficient (Wildman–Crippen LogP) is 1.13. The molecule has 2 N–H and O–H groups in total. The van der Waals surface area contributed by atoms with Crippen LogP contribution < -0.4 is 5.32 Å². The molecule has 0 aliphatic heterocycles. The highest BCUT2D eigenvalue weighted by molar-refractivity contribution is 5.88. The number of nitrogens with zero attached hydrogens (tertiary/aromatic N) is 3. The normalized spacial score (nSPS) is 19.2. The summed E-state index contributed by atoms with van der Waals surface area (Å²) in [7, 11) is 1.21. The Morgan fingerprint density at radius 1 is 1.48 bits per heavy atom. The number of methoxy groups -OCH3 is 1. The second-order valence-corrected chi connectivity index (χ2v) is 5.74. The quantitative estimate of drug-likeness (QED) is 0.401. The fraction of sp³-hybridized carbons (Fsp3) is 0.533. The van der Waals surface area contributed by atoms with Crippen LogP contribution in [-0.4, -0.2) is 64.1 Å². The molecule has 1 fully saturated rings. The SMILES string of the molecule is CCN(CC(=O)O)C1CC(Nc2nc(C(=O)OC)ccc2[N+](=O)[O-])C1. The summed E-state index contributed by atoms with van der Waals surface area (Å²) < 4.78 is 4.58. The highest BCUT2D eigenvalue weighted by Gasteiger charge is 2.35. The van der Waals surface area contributed by atoms with Gasteiger partial charge in [0.15, 0.2) is 5.69 Å². The van der Waals surface area contributed by atoms with E-state index in [1.165, 1.54) is 19.2 Å². The number of hydrogen-bond donors (Lipinski definition) is 2. The number of pyridine rings is 1. The molecule has 0 spiro atoms. The maximum absolute atomic E-state index is 11.6. The van der Waals surface area contributed by atoms with Crippen LogP contribution in [0.15, 0.2) is 12.1 Å². The van der Waals surface area contributed by atoms with Crippen LogP contribution in [0.4, 0.5) is 11.5 Å². The first-order chi connectivity index (χ1) is 11.8. The van der Waals surface area contributed by atoms with Gasteiger partial charge in [0.1, 0.15) is 0 Å². The van der Waals surface area contributed by atoms with Crippen molar-refractivity contribution >= 4 is 23.4 Å². The summed E-state index contributed by atoms with van der Waals surface area (Å²) in [5, 5.41) is 23.0. The van der Waals surface area contributed by atoms with Crippen molar-refractivity contribution in [2.24, 2.45) is 0 Å². The number of carbonyl (C=O) groups excluding carboxylic acids is 1. The van der Waals surface area contributed by atoms with Crippen molar-refractivity contribution in [2.45, 2.75) is 31.8 Å². The third-order valence-electron chi connectivity index (χ3n) is 4.18. The van der Waals surface area contributed by atoms with Crippen molar-refractivity contribution < 1.29 is 24.4 Å². The van der Waals surface area contributed by atoms with E-state index in [2.05, 4.69) is 15.0 Å². The van der Waals surface area contributed by atoms with E-state index in [1.54, 1.807) is 0 Å². The number of carboxylic acid groups (broad SMARTS) is 1. The minimum atomic E-state index is -0.888. The number of likely N-dealkylation sites (N-methyl/N-ethyl adjacent to an activating group) is 1. The number of nitro groups is 1.